The van der Waals surface area contributed by atoms with Crippen LogP contribution in [-0.2, 0) is 35.3 Å². The molecule has 0 bridgehead atoms. The van der Waals surface area contributed by atoms with E-state index in [1.807, 2.05) is 30.4 Å². The highest BCUT2D eigenvalue weighted by molar-refractivity contribution is 7.91. The number of nitrogens with zero attached hydrogens (tertiary/aromatic N) is 2. The number of hydrogen-bond acceptors (Lipinski definition) is 10. The summed E-state index contributed by atoms with van der Waals surface area (Å²) in [6.45, 7) is -0.172. The second-order valence-electron chi connectivity index (χ2n) is 17.4. The molecule has 3 aliphatic carbocycles. The van der Waals surface area contributed by atoms with Crippen molar-refractivity contribution in [1.82, 2.24) is 25.2 Å². The molecule has 0 spiro atoms. The first-order valence-electron chi connectivity index (χ1n) is 21.7. The number of aromatic nitrogens is 1. The molecule has 63 heavy (non-hydrogen) atoms. The third-order valence-electron chi connectivity index (χ3n) is 12.8. The highest BCUT2D eigenvalue weighted by atomic mass is 32.2. The maximum absolute atomic E-state index is 14.8. The summed E-state index contributed by atoms with van der Waals surface area (Å²) in [4.78, 5) is 62.6. The van der Waals surface area contributed by atoms with Crippen LogP contribution in [-0.4, -0.2) is 83.7 Å². The molecule has 2 aromatic heterocycles. The van der Waals surface area contributed by atoms with Crippen LogP contribution in [0.3, 0.4) is 0 Å². The van der Waals surface area contributed by atoms with Crippen LogP contribution in [0.2, 0.25) is 0 Å². The van der Waals surface area contributed by atoms with Crippen molar-refractivity contribution in [2.75, 3.05) is 6.54 Å². The zero-order valence-corrected chi connectivity index (χ0v) is 35.1. The highest BCUT2D eigenvalue weighted by Gasteiger charge is 2.62. The van der Waals surface area contributed by atoms with Gasteiger partial charge in [-0.15, -0.1) is 0 Å². The Kier molecular flexibility index (Phi) is 11.4. The van der Waals surface area contributed by atoms with Gasteiger partial charge < -0.3 is 29.4 Å². The molecule has 2 aliphatic heterocycles. The third kappa shape index (κ3) is 8.95. The molecule has 4 amide bonds. The molecule has 9 rings (SSSR count). The van der Waals surface area contributed by atoms with Crippen LogP contribution in [0, 0.1) is 5.92 Å². The number of allylic oxidation sites excluding steroid dienone is 1. The average Bonchev–Trinajstić information content (AvgIpc) is 4.06. The van der Waals surface area contributed by atoms with E-state index in [1.165, 1.54) is 11.0 Å². The lowest BCUT2D eigenvalue weighted by atomic mass is 10.0. The molecular formula is C45H48F3N5O9S. The number of hydrogen-bond donors (Lipinski definition) is 3. The van der Waals surface area contributed by atoms with E-state index in [0.29, 0.717) is 61.6 Å². The molecule has 14 nitrogen and oxygen atoms in total. The van der Waals surface area contributed by atoms with Gasteiger partial charge in [-0.25, -0.2) is 18.2 Å². The number of amides is 4. The lowest BCUT2D eigenvalue weighted by Gasteiger charge is -2.30. The minimum Gasteiger partial charge on any atom is -0.484 e. The van der Waals surface area contributed by atoms with Crippen molar-refractivity contribution < 1.29 is 54.7 Å². The molecule has 4 aromatic rings. The number of rotatable bonds is 8. The van der Waals surface area contributed by atoms with Crippen molar-refractivity contribution in [2.24, 2.45) is 5.92 Å². The van der Waals surface area contributed by atoms with Crippen molar-refractivity contribution in [3.8, 4) is 17.0 Å². The van der Waals surface area contributed by atoms with E-state index in [9.17, 15) is 40.8 Å². The molecule has 1 saturated heterocycles. The highest BCUT2D eigenvalue weighted by Crippen LogP contribution is 2.46. The Balaban J connectivity index is 1.07. The largest absolute Gasteiger partial charge is 0.484 e. The van der Waals surface area contributed by atoms with Gasteiger partial charge in [0.15, 0.2) is 11.3 Å². The number of sulfonamides is 1. The number of carbonyl (C=O) groups is 4. The molecule has 3 saturated carbocycles. The Morgan fingerprint density at radius 2 is 1.70 bits per heavy atom. The fraction of sp³-hybridized carbons (Fsp3) is 0.489. The quantitative estimate of drug-likeness (QED) is 0.155. The zero-order valence-electron chi connectivity index (χ0n) is 34.3. The maximum Gasteiger partial charge on any atom is 0.416 e. The van der Waals surface area contributed by atoms with Gasteiger partial charge in [0.05, 0.1) is 23.1 Å². The van der Waals surface area contributed by atoms with Gasteiger partial charge >= 0.3 is 12.3 Å². The third-order valence-corrected chi connectivity index (χ3v) is 14.6. The van der Waals surface area contributed by atoms with Crippen molar-refractivity contribution in [2.45, 2.75) is 125 Å². The number of nitrogens with one attached hydrogen (secondary N) is 3. The predicted molar refractivity (Wildman–Crippen MR) is 223 cm³/mol. The van der Waals surface area contributed by atoms with Crippen molar-refractivity contribution >= 4 is 55.9 Å². The van der Waals surface area contributed by atoms with E-state index in [1.54, 1.807) is 18.2 Å². The Morgan fingerprint density at radius 3 is 2.44 bits per heavy atom. The second kappa shape index (κ2) is 16.8. The van der Waals surface area contributed by atoms with E-state index >= 15 is 0 Å². The number of alkyl halides is 3. The summed E-state index contributed by atoms with van der Waals surface area (Å²) in [5.41, 5.74) is -1.19. The smallest absolute Gasteiger partial charge is 0.416 e. The fourth-order valence-corrected chi connectivity index (χ4v) is 10.4. The lowest BCUT2D eigenvalue weighted by Crippen LogP contribution is -2.58. The molecule has 4 fully saturated rings. The van der Waals surface area contributed by atoms with E-state index in [0.717, 1.165) is 31.4 Å². The van der Waals surface area contributed by atoms with Crippen LogP contribution in [0.15, 0.2) is 71.2 Å². The topological polar surface area (TPSA) is 186 Å². The van der Waals surface area contributed by atoms with E-state index in [4.69, 9.17) is 18.9 Å². The van der Waals surface area contributed by atoms with Gasteiger partial charge in [0.25, 0.3) is 5.91 Å². The van der Waals surface area contributed by atoms with E-state index in [2.05, 4.69) is 15.4 Å². The molecule has 5 aliphatic rings. The summed E-state index contributed by atoms with van der Waals surface area (Å²) in [6, 6.07) is 11.4. The van der Waals surface area contributed by atoms with Gasteiger partial charge in [-0.1, -0.05) is 55.3 Å². The Hall–Kier alpha value is -5.65. The van der Waals surface area contributed by atoms with Gasteiger partial charge in [-0.3, -0.25) is 19.1 Å². The standard InChI is InChI=1S/C45H48F3N5O9S/c46-45(47,48)27-17-20-32-36(21-27)62-39-37(23-34(49-38(32)39)26-11-5-4-6-12-26)60-30-22-35-40(54)51-44(42(56)52-63(58,59)31-18-19-31)24-28(44)13-7-2-1-3-8-16-33(41(55)53(35)25-30)50-43(57)61-29-14-9-10-15-29/h4-7,11-13,17,20-21,23,28-31,33,35H,1-3,8-10,14-16,18-19,22,24-25H2,(H,50,57)(H,51,54)(H,52,56)/b13-7-/t28-,30+,33-,35-,44+/m0/s1. The van der Waals surface area contributed by atoms with Gasteiger partial charge in [0, 0.05) is 29.4 Å². The first-order chi connectivity index (χ1) is 30.2. The van der Waals surface area contributed by atoms with Crippen LogP contribution < -0.4 is 20.1 Å². The maximum atomic E-state index is 14.8. The van der Waals surface area contributed by atoms with E-state index < -0.39 is 80.5 Å². The predicted octanol–water partition coefficient (Wildman–Crippen LogP) is 7.06. The molecule has 0 unspecified atom stereocenters. The van der Waals surface area contributed by atoms with E-state index in [-0.39, 0.29) is 54.3 Å². The van der Waals surface area contributed by atoms with Gasteiger partial charge in [-0.05, 0) is 82.4 Å². The first-order valence-corrected chi connectivity index (χ1v) is 23.2. The zero-order chi connectivity index (χ0) is 44.1. The minimum absolute atomic E-state index is 0.0542. The summed E-state index contributed by atoms with van der Waals surface area (Å²) in [6.07, 6.45) is 4.22. The number of furan rings is 1. The number of benzene rings is 2. The number of alkyl carbamates (subject to hydrolysis) is 1. The van der Waals surface area contributed by atoms with Crippen molar-refractivity contribution in [3.05, 3.63) is 72.3 Å². The summed E-state index contributed by atoms with van der Waals surface area (Å²) in [5.74, 6) is -2.56. The Bertz CT molecular complexity index is 2570. The number of ether oxygens (including phenoxy) is 2. The van der Waals surface area contributed by atoms with Crippen LogP contribution in [0.5, 0.6) is 5.75 Å². The van der Waals surface area contributed by atoms with Crippen LogP contribution in [0.4, 0.5) is 18.0 Å². The SMILES string of the molecule is O=C(N[C@H]1CCCCC/C=C\[C@H]2C[C@@]2(C(=O)NS(=O)(=O)C2CC2)NC(=O)[C@@H]2C[C@@H](Oc3cc(-c4ccccc4)nc4c3oc3cc(C(F)(F)F)ccc34)CN2C1=O)OC1CCCC1. The summed E-state index contributed by atoms with van der Waals surface area (Å²) < 4.78 is 87.8. The molecule has 18 heteroatoms. The summed E-state index contributed by atoms with van der Waals surface area (Å²) in [5, 5.41) is 5.24. The molecule has 3 N–H and O–H groups in total. The molecule has 334 valence electrons. The van der Waals surface area contributed by atoms with Crippen LogP contribution >= 0.6 is 0 Å². The monoisotopic (exact) mass is 891 g/mol. The number of carbonyl (C=O) groups excluding carboxylic acids is 4. The normalized spacial score (nSPS) is 26.6. The minimum atomic E-state index is -4.64. The van der Waals surface area contributed by atoms with Gasteiger partial charge in [-0.2, -0.15) is 13.2 Å². The molecule has 4 heterocycles. The second-order valence-corrected chi connectivity index (χ2v) is 19.3. The number of pyridine rings is 1. The number of halogens is 3. The molecule has 5 atom stereocenters. The molecule has 0 radical (unpaired) electrons. The van der Waals surface area contributed by atoms with Gasteiger partial charge in [0.1, 0.15) is 40.9 Å². The fourth-order valence-electron chi connectivity index (χ4n) is 9.08. The van der Waals surface area contributed by atoms with Gasteiger partial charge in [0.2, 0.25) is 21.8 Å². The molecular weight excluding hydrogens is 844 g/mol. The average molecular weight is 892 g/mol. The Morgan fingerprint density at radius 1 is 0.937 bits per heavy atom. The Labute approximate surface area is 361 Å². The van der Waals surface area contributed by atoms with Crippen molar-refractivity contribution in [3.63, 3.8) is 0 Å². The first kappa shape index (κ1) is 42.6. The summed E-state index contributed by atoms with van der Waals surface area (Å²) >= 11 is 0. The van der Waals surface area contributed by atoms with Crippen LogP contribution in [0.1, 0.15) is 89.0 Å². The summed E-state index contributed by atoms with van der Waals surface area (Å²) in [7, 11) is -3.97. The molecule has 2 aromatic carbocycles. The van der Waals surface area contributed by atoms with Crippen molar-refractivity contribution in [1.29, 1.82) is 0 Å². The number of fused-ring (bicyclic) bond motifs is 5. The lowest BCUT2D eigenvalue weighted by molar-refractivity contribution is -0.141. The van der Waals surface area contributed by atoms with Crippen LogP contribution in [0.25, 0.3) is 33.3 Å².